The number of primary amides is 1. The molecule has 2 aromatic heterocycles. The maximum absolute atomic E-state index is 11.4. The van der Waals surface area contributed by atoms with Gasteiger partial charge in [-0.2, -0.15) is 10.2 Å². The average molecular weight is 489 g/mol. The van der Waals surface area contributed by atoms with E-state index in [1.807, 2.05) is 62.0 Å². The van der Waals surface area contributed by atoms with Gasteiger partial charge in [0, 0.05) is 24.5 Å². The average Bonchev–Trinajstić information content (AvgIpc) is 3.27. The van der Waals surface area contributed by atoms with Crippen molar-refractivity contribution in [1.82, 2.24) is 14.5 Å². The Balaban J connectivity index is 1.50. The molecule has 5 aromatic rings. The predicted octanol–water partition coefficient (Wildman–Crippen LogP) is 5.76. The number of ether oxygens (including phenoxy) is 1. The van der Waals surface area contributed by atoms with Crippen LogP contribution >= 0.6 is 0 Å². The van der Waals surface area contributed by atoms with Crippen LogP contribution < -0.4 is 15.8 Å². The summed E-state index contributed by atoms with van der Waals surface area (Å²) in [4.78, 5) is 20.7. The summed E-state index contributed by atoms with van der Waals surface area (Å²) in [6.07, 6.45) is 1.91. The fourth-order valence-electron chi connectivity index (χ4n) is 4.24. The van der Waals surface area contributed by atoms with Crippen LogP contribution in [-0.4, -0.2) is 20.4 Å². The molecule has 0 aliphatic heterocycles. The van der Waals surface area contributed by atoms with Crippen LogP contribution in [0.3, 0.4) is 0 Å². The number of hydrogen-bond acceptors (Lipinski definition) is 6. The molecule has 0 spiro atoms. The van der Waals surface area contributed by atoms with Gasteiger partial charge in [0.2, 0.25) is 17.7 Å². The Morgan fingerprint density at radius 1 is 0.973 bits per heavy atom. The molecule has 0 saturated heterocycles. The van der Waals surface area contributed by atoms with E-state index < -0.39 is 5.91 Å². The van der Waals surface area contributed by atoms with Crippen LogP contribution in [-0.2, 0) is 7.05 Å². The highest BCUT2D eigenvalue weighted by atomic mass is 16.5. The van der Waals surface area contributed by atoms with E-state index in [-0.39, 0.29) is 0 Å². The third kappa shape index (κ3) is 4.70. The molecule has 0 aliphatic rings. The van der Waals surface area contributed by atoms with Crippen molar-refractivity contribution in [3.8, 4) is 28.8 Å². The van der Waals surface area contributed by atoms with Gasteiger partial charge in [0.25, 0.3) is 0 Å². The highest BCUT2D eigenvalue weighted by Gasteiger charge is 2.17. The molecule has 182 valence electrons. The Kier molecular flexibility index (Phi) is 6.04. The second-order valence-corrected chi connectivity index (χ2v) is 8.81. The molecule has 3 aromatic carbocycles. The summed E-state index contributed by atoms with van der Waals surface area (Å²) in [6.45, 7) is 3.98. The molecule has 0 aliphatic carbocycles. The van der Waals surface area contributed by atoms with Crippen molar-refractivity contribution in [2.24, 2.45) is 12.8 Å². The van der Waals surface area contributed by atoms with E-state index in [0.29, 0.717) is 28.7 Å². The Morgan fingerprint density at radius 2 is 1.65 bits per heavy atom. The highest BCUT2D eigenvalue weighted by molar-refractivity contribution is 5.93. The van der Waals surface area contributed by atoms with E-state index in [1.165, 1.54) is 0 Å². The van der Waals surface area contributed by atoms with Gasteiger partial charge in [-0.3, -0.25) is 4.79 Å². The Bertz CT molecular complexity index is 1660. The van der Waals surface area contributed by atoms with Crippen LogP contribution in [0.1, 0.15) is 27.0 Å². The van der Waals surface area contributed by atoms with Crippen molar-refractivity contribution >= 4 is 28.6 Å². The number of aryl methyl sites for hydroxylation is 3. The lowest BCUT2D eigenvalue weighted by Gasteiger charge is -2.15. The van der Waals surface area contributed by atoms with Crippen LogP contribution in [0.25, 0.3) is 22.2 Å². The van der Waals surface area contributed by atoms with Crippen molar-refractivity contribution in [3.05, 3.63) is 95.2 Å². The molecule has 0 saturated carbocycles. The van der Waals surface area contributed by atoms with Gasteiger partial charge in [-0.05, 0) is 90.7 Å². The number of carbonyl (C=O) groups excluding carboxylic acids is 1. The van der Waals surface area contributed by atoms with Crippen LogP contribution in [0.2, 0.25) is 0 Å². The van der Waals surface area contributed by atoms with Crippen LogP contribution in [0.4, 0.5) is 11.6 Å². The number of nitrogens with zero attached hydrogens (tertiary/aromatic N) is 4. The summed E-state index contributed by atoms with van der Waals surface area (Å²) < 4.78 is 8.36. The molecule has 3 N–H and O–H groups in total. The fourth-order valence-corrected chi connectivity index (χ4v) is 4.24. The number of anilines is 2. The SMILES string of the molecule is Cc1cc(-c2ccc(C(N)=O)cc2)cc(C)c1Oc1nc(Nc2ccc(C#N)cc2)nc2ccn(C)c12. The summed E-state index contributed by atoms with van der Waals surface area (Å²) in [5.41, 5.74) is 12.6. The van der Waals surface area contributed by atoms with Gasteiger partial charge >= 0.3 is 0 Å². The molecule has 0 unspecified atom stereocenters. The zero-order chi connectivity index (χ0) is 26.1. The summed E-state index contributed by atoms with van der Waals surface area (Å²) >= 11 is 0. The number of carbonyl (C=O) groups is 1. The zero-order valence-corrected chi connectivity index (χ0v) is 20.6. The van der Waals surface area contributed by atoms with E-state index in [0.717, 1.165) is 39.0 Å². The number of nitriles is 1. The first-order valence-corrected chi connectivity index (χ1v) is 11.6. The number of nitrogens with two attached hydrogens (primary N) is 1. The quantitative estimate of drug-likeness (QED) is 0.314. The van der Waals surface area contributed by atoms with Crippen LogP contribution in [0, 0.1) is 25.2 Å². The van der Waals surface area contributed by atoms with E-state index in [4.69, 9.17) is 15.7 Å². The normalized spacial score (nSPS) is 10.8. The lowest BCUT2D eigenvalue weighted by Crippen LogP contribution is -2.10. The fraction of sp³-hybridized carbons (Fsp3) is 0.103. The van der Waals surface area contributed by atoms with E-state index >= 15 is 0 Å². The maximum Gasteiger partial charge on any atom is 0.249 e. The minimum atomic E-state index is -0.451. The molecule has 2 heterocycles. The smallest absolute Gasteiger partial charge is 0.249 e. The number of hydrogen-bond donors (Lipinski definition) is 2. The van der Waals surface area contributed by atoms with E-state index in [2.05, 4.69) is 21.4 Å². The monoisotopic (exact) mass is 488 g/mol. The van der Waals surface area contributed by atoms with Crippen molar-refractivity contribution < 1.29 is 9.53 Å². The summed E-state index contributed by atoms with van der Waals surface area (Å²) in [5, 5.41) is 12.2. The van der Waals surface area contributed by atoms with Gasteiger partial charge in [0.05, 0.1) is 17.1 Å². The maximum atomic E-state index is 11.4. The second-order valence-electron chi connectivity index (χ2n) is 8.81. The summed E-state index contributed by atoms with van der Waals surface area (Å²) in [5.74, 6) is 1.08. The van der Waals surface area contributed by atoms with Crippen molar-refractivity contribution in [2.75, 3.05) is 5.32 Å². The molecule has 8 heteroatoms. The molecular weight excluding hydrogens is 464 g/mol. The first kappa shape index (κ1) is 23.6. The van der Waals surface area contributed by atoms with Gasteiger partial charge < -0.3 is 20.4 Å². The number of aromatic nitrogens is 3. The van der Waals surface area contributed by atoms with Gasteiger partial charge in [0.15, 0.2) is 0 Å². The Morgan fingerprint density at radius 3 is 2.27 bits per heavy atom. The van der Waals surface area contributed by atoms with E-state index in [1.54, 1.807) is 36.4 Å². The molecule has 0 radical (unpaired) electrons. The summed E-state index contributed by atoms with van der Waals surface area (Å²) in [7, 11) is 1.92. The molecule has 0 atom stereocenters. The van der Waals surface area contributed by atoms with Crippen molar-refractivity contribution in [2.45, 2.75) is 13.8 Å². The minimum Gasteiger partial charge on any atom is -0.436 e. The predicted molar refractivity (Wildman–Crippen MR) is 143 cm³/mol. The Labute approximate surface area is 214 Å². The van der Waals surface area contributed by atoms with Crippen molar-refractivity contribution in [3.63, 3.8) is 0 Å². The number of amides is 1. The largest absolute Gasteiger partial charge is 0.436 e. The molecule has 8 nitrogen and oxygen atoms in total. The third-order valence-electron chi connectivity index (χ3n) is 6.12. The number of benzene rings is 3. The molecule has 5 rings (SSSR count). The van der Waals surface area contributed by atoms with Gasteiger partial charge in [0.1, 0.15) is 11.3 Å². The Hall–Kier alpha value is -5.16. The molecule has 37 heavy (non-hydrogen) atoms. The van der Waals surface area contributed by atoms with Gasteiger partial charge in [-0.25, -0.2) is 4.98 Å². The first-order chi connectivity index (χ1) is 17.8. The van der Waals surface area contributed by atoms with Crippen molar-refractivity contribution in [1.29, 1.82) is 5.26 Å². The number of rotatable bonds is 6. The standard InChI is InChI=1S/C29H24N6O2/c1-17-14-22(20-6-8-21(9-7-20)27(31)36)15-18(2)26(17)37-28-25-24(12-13-35(25)3)33-29(34-28)32-23-10-4-19(16-30)5-11-23/h4-15H,1-3H3,(H2,31,36)(H,32,33,34). The lowest BCUT2D eigenvalue weighted by atomic mass is 9.99. The summed E-state index contributed by atoms with van der Waals surface area (Å²) in [6, 6.07) is 22.4. The topological polar surface area (TPSA) is 119 Å². The van der Waals surface area contributed by atoms with Crippen LogP contribution in [0.15, 0.2) is 72.9 Å². The van der Waals surface area contributed by atoms with Gasteiger partial charge in [-0.15, -0.1) is 0 Å². The minimum absolute atomic E-state index is 0.389. The molecule has 0 fully saturated rings. The second kappa shape index (κ2) is 9.47. The zero-order valence-electron chi connectivity index (χ0n) is 20.6. The number of fused-ring (bicyclic) bond motifs is 1. The van der Waals surface area contributed by atoms with Crippen LogP contribution in [0.5, 0.6) is 11.6 Å². The molecular formula is C29H24N6O2. The number of nitrogens with one attached hydrogen (secondary N) is 1. The lowest BCUT2D eigenvalue weighted by molar-refractivity contribution is 0.100. The highest BCUT2D eigenvalue weighted by Crippen LogP contribution is 2.36. The van der Waals surface area contributed by atoms with Gasteiger partial charge in [-0.1, -0.05) is 12.1 Å². The first-order valence-electron chi connectivity index (χ1n) is 11.6. The third-order valence-corrected chi connectivity index (χ3v) is 6.12. The molecule has 0 bridgehead atoms. The molecule has 1 amide bonds. The van der Waals surface area contributed by atoms with E-state index in [9.17, 15) is 4.79 Å².